The highest BCUT2D eigenvalue weighted by Gasteiger charge is 2.21. The van der Waals surface area contributed by atoms with Crippen LogP contribution in [-0.2, 0) is 13.1 Å². The van der Waals surface area contributed by atoms with Gasteiger partial charge in [-0.1, -0.05) is 74.6 Å². The maximum Gasteiger partial charge on any atom is 0.251 e. The number of benzene rings is 3. The summed E-state index contributed by atoms with van der Waals surface area (Å²) < 4.78 is 0. The minimum absolute atomic E-state index is 0.108. The van der Waals surface area contributed by atoms with E-state index >= 15 is 0 Å². The molecule has 2 heterocycles. The molecular weight excluding hydrogens is 522 g/mol. The smallest absolute Gasteiger partial charge is 0.251 e. The zero-order valence-electron chi connectivity index (χ0n) is 24.9. The molecule has 0 aliphatic carbocycles. The van der Waals surface area contributed by atoms with Gasteiger partial charge in [0.05, 0.1) is 0 Å². The second-order valence-corrected chi connectivity index (χ2v) is 12.1. The van der Waals surface area contributed by atoms with Crippen LogP contribution in [0.5, 0.6) is 11.5 Å². The Bertz CT molecular complexity index is 1280. The second kappa shape index (κ2) is 15.2. The van der Waals surface area contributed by atoms with E-state index in [-0.39, 0.29) is 11.8 Å². The van der Waals surface area contributed by atoms with Crippen molar-refractivity contribution in [1.82, 2.24) is 15.1 Å². The molecule has 0 radical (unpaired) electrons. The van der Waals surface area contributed by atoms with Gasteiger partial charge in [-0.2, -0.15) is 0 Å². The van der Waals surface area contributed by atoms with E-state index in [2.05, 4.69) is 27.2 Å². The molecule has 42 heavy (non-hydrogen) atoms. The molecule has 2 fully saturated rings. The number of nitrogens with one attached hydrogen (secondary N) is 1. The van der Waals surface area contributed by atoms with Gasteiger partial charge in [-0.25, -0.2) is 0 Å². The van der Waals surface area contributed by atoms with Crippen molar-refractivity contribution < 1.29 is 15.0 Å². The van der Waals surface area contributed by atoms with Crippen molar-refractivity contribution in [1.29, 1.82) is 0 Å². The number of carbonyl (C=O) groups excluding carboxylic acids is 1. The van der Waals surface area contributed by atoms with E-state index < -0.39 is 0 Å². The summed E-state index contributed by atoms with van der Waals surface area (Å²) in [5, 5.41) is 24.9. The number of phenolic OH excluding ortho intramolecular Hbond substituents is 2. The van der Waals surface area contributed by atoms with Gasteiger partial charge < -0.3 is 15.5 Å². The van der Waals surface area contributed by atoms with Crippen molar-refractivity contribution >= 4 is 5.91 Å². The fourth-order valence-corrected chi connectivity index (χ4v) is 6.46. The van der Waals surface area contributed by atoms with Gasteiger partial charge in [0.15, 0.2) is 0 Å². The number of amides is 1. The number of hydrogen-bond acceptors (Lipinski definition) is 5. The van der Waals surface area contributed by atoms with Crippen molar-refractivity contribution in [3.8, 4) is 11.5 Å². The number of phenols is 2. The molecule has 2 saturated heterocycles. The summed E-state index contributed by atoms with van der Waals surface area (Å²) in [6.07, 6.45) is 11.2. The van der Waals surface area contributed by atoms with Gasteiger partial charge in [0, 0.05) is 42.2 Å². The Morgan fingerprint density at radius 1 is 0.643 bits per heavy atom. The van der Waals surface area contributed by atoms with E-state index in [1.165, 1.54) is 57.8 Å². The molecule has 0 aromatic heterocycles. The minimum atomic E-state index is -0.132. The Labute approximate surface area is 251 Å². The molecule has 6 heteroatoms. The van der Waals surface area contributed by atoms with Gasteiger partial charge >= 0.3 is 0 Å². The molecule has 1 unspecified atom stereocenters. The number of likely N-dealkylation sites (tertiary alicyclic amines) is 2. The van der Waals surface area contributed by atoms with Crippen molar-refractivity contribution in [2.75, 3.05) is 32.7 Å². The van der Waals surface area contributed by atoms with E-state index in [0.717, 1.165) is 61.5 Å². The van der Waals surface area contributed by atoms with Crippen LogP contribution in [0, 0.1) is 0 Å². The van der Waals surface area contributed by atoms with E-state index in [9.17, 15) is 15.0 Å². The van der Waals surface area contributed by atoms with Gasteiger partial charge in [0.2, 0.25) is 0 Å². The highest BCUT2D eigenvalue weighted by molar-refractivity contribution is 5.94. The molecule has 5 rings (SSSR count). The summed E-state index contributed by atoms with van der Waals surface area (Å²) >= 11 is 0. The molecule has 224 valence electrons. The van der Waals surface area contributed by atoms with Gasteiger partial charge in [-0.15, -0.1) is 0 Å². The predicted octanol–water partition coefficient (Wildman–Crippen LogP) is 6.80. The summed E-state index contributed by atoms with van der Waals surface area (Å²) in [7, 11) is 0. The van der Waals surface area contributed by atoms with E-state index in [1.807, 2.05) is 42.5 Å². The molecule has 0 bridgehead atoms. The van der Waals surface area contributed by atoms with Gasteiger partial charge in [0.1, 0.15) is 11.5 Å². The fraction of sp³-hybridized carbons (Fsp3) is 0.472. The maximum atomic E-state index is 13.1. The lowest BCUT2D eigenvalue weighted by molar-refractivity contribution is 0.0952. The van der Waals surface area contributed by atoms with Crippen molar-refractivity contribution in [3.05, 3.63) is 94.5 Å². The third-order valence-corrected chi connectivity index (χ3v) is 8.95. The van der Waals surface area contributed by atoms with Crippen LogP contribution in [0.4, 0.5) is 0 Å². The standard InChI is InChI=1S/C36H47N3O3/c40-34-17-15-29(23-31(34)26-38-19-9-2-1-3-10-20-38)33(25-37-36(42)28-13-7-6-8-14-28)30-16-18-35(41)32(24-30)27-39-21-11-4-5-12-22-39/h6-8,13-18,23-24,33,40-41H,1-5,9-12,19-22,25-27H2,(H,37,42). The quantitative estimate of drug-likeness (QED) is 0.264. The lowest BCUT2D eigenvalue weighted by atomic mass is 9.88. The van der Waals surface area contributed by atoms with Gasteiger partial charge in [0.25, 0.3) is 5.91 Å². The third-order valence-electron chi connectivity index (χ3n) is 8.95. The van der Waals surface area contributed by atoms with E-state index in [4.69, 9.17) is 0 Å². The molecule has 3 aromatic rings. The SMILES string of the molecule is O=C(NCC(c1ccc(O)c(CN2CCCCCCC2)c1)c1ccc(O)c(CN2CCCCCC2)c1)c1ccccc1. The molecule has 0 saturated carbocycles. The highest BCUT2D eigenvalue weighted by atomic mass is 16.3. The molecule has 3 aromatic carbocycles. The molecular formula is C36H47N3O3. The van der Waals surface area contributed by atoms with E-state index in [0.29, 0.717) is 23.6 Å². The Balaban J connectivity index is 1.42. The summed E-state index contributed by atoms with van der Waals surface area (Å²) in [6.45, 7) is 6.07. The average molecular weight is 570 g/mol. The van der Waals surface area contributed by atoms with Crippen LogP contribution in [0.3, 0.4) is 0 Å². The molecule has 2 aliphatic rings. The van der Waals surface area contributed by atoms with Gasteiger partial charge in [-0.3, -0.25) is 14.6 Å². The zero-order valence-corrected chi connectivity index (χ0v) is 24.9. The van der Waals surface area contributed by atoms with Crippen LogP contribution >= 0.6 is 0 Å². The first kappa shape index (κ1) is 30.1. The second-order valence-electron chi connectivity index (χ2n) is 12.1. The van der Waals surface area contributed by atoms with E-state index in [1.54, 1.807) is 12.1 Å². The predicted molar refractivity (Wildman–Crippen MR) is 169 cm³/mol. The van der Waals surface area contributed by atoms with Crippen LogP contribution < -0.4 is 5.32 Å². The minimum Gasteiger partial charge on any atom is -0.508 e. The Morgan fingerprint density at radius 2 is 1.10 bits per heavy atom. The number of aromatic hydroxyl groups is 2. The Kier molecular flexibility index (Phi) is 10.9. The normalized spacial score (nSPS) is 18.0. The summed E-state index contributed by atoms with van der Waals surface area (Å²) in [5.41, 5.74) is 4.58. The average Bonchev–Trinajstić information content (AvgIpc) is 3.26. The molecule has 1 amide bonds. The number of rotatable bonds is 9. The van der Waals surface area contributed by atoms with Gasteiger partial charge in [-0.05, 0) is 87.3 Å². The summed E-state index contributed by atoms with van der Waals surface area (Å²) in [5.74, 6) is 0.399. The topological polar surface area (TPSA) is 76.0 Å². The van der Waals surface area contributed by atoms with Crippen LogP contribution in [0.2, 0.25) is 0 Å². The molecule has 2 aliphatic heterocycles. The van der Waals surface area contributed by atoms with Crippen LogP contribution in [0.1, 0.15) is 96.3 Å². The number of hydrogen-bond donors (Lipinski definition) is 3. The zero-order chi connectivity index (χ0) is 29.1. The summed E-state index contributed by atoms with van der Waals surface area (Å²) in [6, 6.07) is 21.1. The van der Waals surface area contributed by atoms with Crippen LogP contribution in [0.15, 0.2) is 66.7 Å². The Hall–Kier alpha value is -3.35. The van der Waals surface area contributed by atoms with Crippen LogP contribution in [0.25, 0.3) is 0 Å². The lowest BCUT2D eigenvalue weighted by Gasteiger charge is -2.26. The lowest BCUT2D eigenvalue weighted by Crippen LogP contribution is -2.29. The first-order valence-electron chi connectivity index (χ1n) is 16.0. The largest absolute Gasteiger partial charge is 0.508 e. The van der Waals surface area contributed by atoms with Crippen molar-refractivity contribution in [2.45, 2.75) is 76.8 Å². The molecule has 6 nitrogen and oxygen atoms in total. The highest BCUT2D eigenvalue weighted by Crippen LogP contribution is 2.32. The fourth-order valence-electron chi connectivity index (χ4n) is 6.46. The number of nitrogens with zero attached hydrogens (tertiary/aromatic N) is 2. The van der Waals surface area contributed by atoms with Crippen molar-refractivity contribution in [3.63, 3.8) is 0 Å². The molecule has 3 N–H and O–H groups in total. The first-order chi connectivity index (χ1) is 20.6. The monoisotopic (exact) mass is 569 g/mol. The maximum absolute atomic E-state index is 13.1. The van der Waals surface area contributed by atoms with Crippen molar-refractivity contribution in [2.24, 2.45) is 0 Å². The Morgan fingerprint density at radius 3 is 1.57 bits per heavy atom. The summed E-state index contributed by atoms with van der Waals surface area (Å²) in [4.78, 5) is 18.0. The number of carbonyl (C=O) groups is 1. The van der Waals surface area contributed by atoms with Crippen LogP contribution in [-0.4, -0.2) is 58.6 Å². The first-order valence-corrected chi connectivity index (χ1v) is 16.0. The molecule has 0 spiro atoms. The molecule has 1 atom stereocenters. The third kappa shape index (κ3) is 8.36.